The summed E-state index contributed by atoms with van der Waals surface area (Å²) in [6, 6.07) is 21.9. The Morgan fingerprint density at radius 3 is 2.28 bits per heavy atom. The van der Waals surface area contributed by atoms with Gasteiger partial charge in [0, 0.05) is 86.5 Å². The van der Waals surface area contributed by atoms with Gasteiger partial charge in [0.05, 0.1) is 23.4 Å². The first kappa shape index (κ1) is 41.1. The maximum absolute atomic E-state index is 13.6. The molecule has 3 amide bonds. The van der Waals surface area contributed by atoms with Crippen molar-refractivity contribution in [3.05, 3.63) is 114 Å². The Bertz CT molecular complexity index is 2480. The van der Waals surface area contributed by atoms with Crippen LogP contribution in [-0.2, 0) is 20.7 Å². The number of nitrogens with two attached hydrogens (primary N) is 1. The fourth-order valence-corrected chi connectivity index (χ4v) is 8.30. The minimum absolute atomic E-state index is 0.0932. The van der Waals surface area contributed by atoms with Crippen LogP contribution in [0.15, 0.2) is 91.4 Å². The third-order valence-corrected chi connectivity index (χ3v) is 11.3. The van der Waals surface area contributed by atoms with Crippen molar-refractivity contribution >= 4 is 35.2 Å². The van der Waals surface area contributed by atoms with Crippen LogP contribution in [0.1, 0.15) is 83.1 Å². The fraction of sp³-hybridized carbons (Fsp3) is 0.340. The number of carbonyl (C=O) groups is 5. The zero-order valence-electron chi connectivity index (χ0n) is 34.6. The maximum Gasteiger partial charge on any atom is 0.306 e. The Balaban J connectivity index is 0.849. The SMILES string of the molecule is CC(C)(C)OC(=O)CCC(C(N)=O)N1C(=O)c2cccc(OCCCN3CCN(c4ccc(-n5cc(-c6ccc7c(c6)CCC7=O)c(-c6ccncc6)n5)cc4)CC3)c2C1=O. The van der Waals surface area contributed by atoms with Gasteiger partial charge in [0.2, 0.25) is 5.91 Å². The number of aromatic nitrogens is 3. The minimum Gasteiger partial charge on any atom is -0.493 e. The summed E-state index contributed by atoms with van der Waals surface area (Å²) in [6.45, 7) is 9.74. The highest BCUT2D eigenvalue weighted by Crippen LogP contribution is 2.36. The molecule has 14 heteroatoms. The molecule has 1 aliphatic carbocycles. The van der Waals surface area contributed by atoms with Gasteiger partial charge >= 0.3 is 5.97 Å². The average Bonchev–Trinajstić information content (AvgIpc) is 3.93. The van der Waals surface area contributed by atoms with Crippen LogP contribution in [0, 0.1) is 0 Å². The van der Waals surface area contributed by atoms with Crippen LogP contribution in [-0.4, -0.2) is 105 Å². The molecule has 1 atom stereocenters. The lowest BCUT2D eigenvalue weighted by Gasteiger charge is -2.36. The predicted octanol–water partition coefficient (Wildman–Crippen LogP) is 5.89. The van der Waals surface area contributed by atoms with E-state index in [1.165, 1.54) is 6.07 Å². The third kappa shape index (κ3) is 8.80. The zero-order chi connectivity index (χ0) is 42.8. The second-order valence-electron chi connectivity index (χ2n) is 16.6. The molecule has 2 N–H and O–H groups in total. The van der Waals surface area contributed by atoms with Gasteiger partial charge in [-0.05, 0) is 99.7 Å². The van der Waals surface area contributed by atoms with E-state index in [0.717, 1.165) is 88.9 Å². The van der Waals surface area contributed by atoms with Gasteiger partial charge in [-0.2, -0.15) is 5.10 Å². The lowest BCUT2D eigenvalue weighted by atomic mass is 9.98. The average molecular weight is 824 g/mol. The summed E-state index contributed by atoms with van der Waals surface area (Å²) in [7, 11) is 0. The van der Waals surface area contributed by atoms with Crippen LogP contribution >= 0.6 is 0 Å². The Morgan fingerprint density at radius 1 is 0.820 bits per heavy atom. The van der Waals surface area contributed by atoms with Gasteiger partial charge in [0.1, 0.15) is 23.1 Å². The van der Waals surface area contributed by atoms with E-state index >= 15 is 0 Å². The van der Waals surface area contributed by atoms with E-state index in [4.69, 9.17) is 20.3 Å². The van der Waals surface area contributed by atoms with Crippen LogP contribution in [0.3, 0.4) is 0 Å². The lowest BCUT2D eigenvalue weighted by molar-refractivity contribution is -0.155. The number of rotatable bonds is 14. The number of ether oxygens (including phenoxy) is 2. The molecule has 3 aliphatic rings. The lowest BCUT2D eigenvalue weighted by Crippen LogP contribution is -2.48. The molecule has 0 bridgehead atoms. The first-order valence-electron chi connectivity index (χ1n) is 20.7. The molecule has 1 unspecified atom stereocenters. The monoisotopic (exact) mass is 823 g/mol. The number of pyridine rings is 1. The van der Waals surface area contributed by atoms with Crippen molar-refractivity contribution in [2.24, 2.45) is 5.73 Å². The number of nitrogens with zero attached hydrogens (tertiary/aromatic N) is 6. The number of piperazine rings is 1. The predicted molar refractivity (Wildman–Crippen MR) is 229 cm³/mol. The van der Waals surface area contributed by atoms with Crippen molar-refractivity contribution in [1.82, 2.24) is 24.6 Å². The first-order valence-corrected chi connectivity index (χ1v) is 20.7. The number of amides is 3. The number of aryl methyl sites for hydroxylation is 1. The fourth-order valence-electron chi connectivity index (χ4n) is 8.30. The van der Waals surface area contributed by atoms with Crippen molar-refractivity contribution < 1.29 is 33.4 Å². The second-order valence-corrected chi connectivity index (χ2v) is 16.6. The van der Waals surface area contributed by atoms with Gasteiger partial charge in [-0.1, -0.05) is 24.3 Å². The van der Waals surface area contributed by atoms with Crippen molar-refractivity contribution in [2.75, 3.05) is 44.2 Å². The standard InChI is InChI=1S/C47H49N7O7/c1-47(2,3)61-41(56)17-15-38(44(48)57)54-45(58)36-6-4-7-40(42(36)46(54)59)60-27-5-22-51-23-25-52(26-24-51)33-10-12-34(13-11-33)53-29-37(43(50-53)30-18-20-49-21-19-30)32-8-14-35-31(28-32)9-16-39(35)55/h4,6-8,10-14,18-21,28-29,38H,5,9,15-17,22-27H2,1-3H3,(H2,48,57). The summed E-state index contributed by atoms with van der Waals surface area (Å²) in [5, 5.41) is 5.03. The van der Waals surface area contributed by atoms with E-state index in [2.05, 4.69) is 51.3 Å². The summed E-state index contributed by atoms with van der Waals surface area (Å²) in [4.78, 5) is 73.8. The molecule has 0 radical (unpaired) electrons. The molecule has 314 valence electrons. The summed E-state index contributed by atoms with van der Waals surface area (Å²) >= 11 is 0. The van der Waals surface area contributed by atoms with Gasteiger partial charge in [-0.15, -0.1) is 0 Å². The molecule has 61 heavy (non-hydrogen) atoms. The topological polar surface area (TPSA) is 170 Å². The van der Waals surface area contributed by atoms with Crippen LogP contribution in [0.2, 0.25) is 0 Å². The number of hydrogen-bond donors (Lipinski definition) is 1. The highest BCUT2D eigenvalue weighted by molar-refractivity contribution is 6.24. The third-order valence-electron chi connectivity index (χ3n) is 11.3. The molecule has 2 aliphatic heterocycles. The number of ketones is 1. The summed E-state index contributed by atoms with van der Waals surface area (Å²) in [5.74, 6) is -2.30. The van der Waals surface area contributed by atoms with Gasteiger partial charge in [-0.3, -0.25) is 38.8 Å². The van der Waals surface area contributed by atoms with Crippen LogP contribution < -0.4 is 15.4 Å². The quantitative estimate of drug-likeness (QED) is 0.0805. The Morgan fingerprint density at radius 2 is 1.56 bits per heavy atom. The summed E-state index contributed by atoms with van der Waals surface area (Å²) in [5.41, 5.74) is 12.9. The van der Waals surface area contributed by atoms with Gasteiger partial charge in [-0.25, -0.2) is 4.68 Å². The Labute approximate surface area is 354 Å². The van der Waals surface area contributed by atoms with E-state index in [-0.39, 0.29) is 35.5 Å². The highest BCUT2D eigenvalue weighted by atomic mass is 16.6. The van der Waals surface area contributed by atoms with E-state index in [1.54, 1.807) is 45.3 Å². The van der Waals surface area contributed by atoms with E-state index < -0.39 is 35.3 Å². The molecule has 2 aromatic heterocycles. The van der Waals surface area contributed by atoms with Crippen LogP contribution in [0.5, 0.6) is 5.75 Å². The molecular formula is C47H49N7O7. The minimum atomic E-state index is -1.31. The molecule has 8 rings (SSSR count). The van der Waals surface area contributed by atoms with Crippen molar-refractivity contribution in [3.8, 4) is 33.8 Å². The van der Waals surface area contributed by atoms with Crippen molar-refractivity contribution in [2.45, 2.75) is 64.5 Å². The summed E-state index contributed by atoms with van der Waals surface area (Å²) in [6.07, 6.45) is 7.27. The van der Waals surface area contributed by atoms with E-state index in [0.29, 0.717) is 19.4 Å². The van der Waals surface area contributed by atoms with Crippen LogP contribution in [0.25, 0.3) is 28.1 Å². The van der Waals surface area contributed by atoms with Crippen molar-refractivity contribution in [1.29, 1.82) is 0 Å². The molecule has 1 fully saturated rings. The maximum atomic E-state index is 13.6. The van der Waals surface area contributed by atoms with Crippen molar-refractivity contribution in [3.63, 3.8) is 0 Å². The zero-order valence-corrected chi connectivity index (χ0v) is 34.6. The number of Topliss-reactive ketones (excluding diaryl/α,β-unsaturated/α-hetero) is 1. The number of hydrogen-bond acceptors (Lipinski definition) is 11. The van der Waals surface area contributed by atoms with Gasteiger partial charge in [0.25, 0.3) is 11.8 Å². The number of esters is 1. The first-order chi connectivity index (χ1) is 29.3. The molecule has 4 heterocycles. The summed E-state index contributed by atoms with van der Waals surface area (Å²) < 4.78 is 13.3. The van der Waals surface area contributed by atoms with Gasteiger partial charge < -0.3 is 20.1 Å². The Hall–Kier alpha value is -6.67. The number of imide groups is 1. The normalized spacial score (nSPS) is 15.8. The van der Waals surface area contributed by atoms with E-state index in [1.807, 2.05) is 28.9 Å². The van der Waals surface area contributed by atoms with Crippen LogP contribution in [0.4, 0.5) is 5.69 Å². The van der Waals surface area contributed by atoms with E-state index in [9.17, 15) is 24.0 Å². The number of benzene rings is 3. The molecule has 5 aromatic rings. The van der Waals surface area contributed by atoms with Gasteiger partial charge in [0.15, 0.2) is 5.78 Å². The molecule has 1 saturated heterocycles. The smallest absolute Gasteiger partial charge is 0.306 e. The largest absolute Gasteiger partial charge is 0.493 e. The number of primary amides is 1. The molecular weight excluding hydrogens is 775 g/mol. The number of carbonyl (C=O) groups excluding carboxylic acids is 5. The molecule has 14 nitrogen and oxygen atoms in total. The highest BCUT2D eigenvalue weighted by Gasteiger charge is 2.44. The second kappa shape index (κ2) is 17.1. The molecule has 0 saturated carbocycles. The Kier molecular flexibility index (Phi) is 11.5. The molecule has 3 aromatic carbocycles. The number of anilines is 1. The number of fused-ring (bicyclic) bond motifs is 2. The molecule has 0 spiro atoms.